The minimum Gasteiger partial charge on any atom is -0.398 e. The third-order valence-electron chi connectivity index (χ3n) is 6.48. The lowest BCUT2D eigenvalue weighted by molar-refractivity contribution is 0.0843. The van der Waals surface area contributed by atoms with Gasteiger partial charge in [-0.3, -0.25) is 0 Å². The van der Waals surface area contributed by atoms with Crippen LogP contribution < -0.4 is 5.73 Å². The maximum Gasteiger partial charge on any atom is 0.123 e. The van der Waals surface area contributed by atoms with Crippen LogP contribution in [-0.2, 0) is 11.3 Å². The first kappa shape index (κ1) is 21.4. The van der Waals surface area contributed by atoms with Crippen LogP contribution in [0.2, 0.25) is 0 Å². The standard InChI is InChI=1S/C27H26FN3O2/c28-21-5-7-22(8-6-21)31-25-13-20(15-29)24(30)14-23(25)26(18-3-1-17(16-32)2-4-18)27(31)19-9-11-33-12-10-19/h1-8,13-15,19,29,32H,9-12,16,30H2. The molecule has 2 heterocycles. The molecule has 0 aliphatic carbocycles. The van der Waals surface area contributed by atoms with Gasteiger partial charge in [-0.05, 0) is 60.4 Å². The molecule has 0 atom stereocenters. The summed E-state index contributed by atoms with van der Waals surface area (Å²) >= 11 is 0. The number of benzene rings is 3. The van der Waals surface area contributed by atoms with E-state index in [9.17, 15) is 9.50 Å². The molecule has 0 radical (unpaired) electrons. The van der Waals surface area contributed by atoms with E-state index in [1.54, 1.807) is 12.1 Å². The lowest BCUT2D eigenvalue weighted by atomic mass is 9.89. The Morgan fingerprint density at radius 2 is 1.76 bits per heavy atom. The van der Waals surface area contributed by atoms with Crippen molar-refractivity contribution in [1.82, 2.24) is 4.57 Å². The molecule has 1 aromatic heterocycles. The molecule has 4 aromatic rings. The van der Waals surface area contributed by atoms with Crippen molar-refractivity contribution in [3.8, 4) is 16.8 Å². The quantitative estimate of drug-likeness (QED) is 0.285. The van der Waals surface area contributed by atoms with Crippen molar-refractivity contribution in [3.63, 3.8) is 0 Å². The number of aliphatic hydroxyl groups excluding tert-OH is 1. The summed E-state index contributed by atoms with van der Waals surface area (Å²) in [6, 6.07) is 18.3. The summed E-state index contributed by atoms with van der Waals surface area (Å²) in [6.07, 6.45) is 3.03. The molecule has 0 saturated carbocycles. The first-order chi connectivity index (χ1) is 16.1. The number of ether oxygens (including phenoxy) is 1. The molecular formula is C27H26FN3O2. The van der Waals surface area contributed by atoms with Crippen LogP contribution >= 0.6 is 0 Å². The van der Waals surface area contributed by atoms with Crippen molar-refractivity contribution >= 4 is 22.8 Å². The molecule has 5 nitrogen and oxygen atoms in total. The largest absolute Gasteiger partial charge is 0.398 e. The Morgan fingerprint density at radius 3 is 2.39 bits per heavy atom. The Labute approximate surface area is 191 Å². The Bertz CT molecular complexity index is 1300. The molecular weight excluding hydrogens is 417 g/mol. The number of hydrogen-bond donors (Lipinski definition) is 3. The van der Waals surface area contributed by atoms with Crippen molar-refractivity contribution < 1.29 is 14.2 Å². The molecule has 0 unspecified atom stereocenters. The van der Waals surface area contributed by atoms with E-state index < -0.39 is 0 Å². The number of aliphatic hydroxyl groups is 1. The highest BCUT2D eigenvalue weighted by atomic mass is 19.1. The number of hydrogen-bond acceptors (Lipinski definition) is 4. The zero-order chi connectivity index (χ0) is 22.9. The van der Waals surface area contributed by atoms with Crippen molar-refractivity contribution in [2.24, 2.45) is 0 Å². The summed E-state index contributed by atoms with van der Waals surface area (Å²) < 4.78 is 21.6. The van der Waals surface area contributed by atoms with Crippen LogP contribution in [0.5, 0.6) is 0 Å². The fraction of sp³-hybridized carbons (Fsp3) is 0.222. The number of nitrogens with two attached hydrogens (primary N) is 1. The van der Waals surface area contributed by atoms with Crippen molar-refractivity contribution in [2.75, 3.05) is 18.9 Å². The highest BCUT2D eigenvalue weighted by Crippen LogP contribution is 2.44. The second-order valence-electron chi connectivity index (χ2n) is 8.46. The smallest absolute Gasteiger partial charge is 0.123 e. The molecule has 1 aliphatic rings. The number of nitrogen functional groups attached to an aromatic ring is 1. The SMILES string of the molecule is N=Cc1cc2c(cc1N)c(-c1ccc(CO)cc1)c(C1CCOCC1)n2-c1ccc(F)cc1. The third-order valence-corrected chi connectivity index (χ3v) is 6.48. The maximum atomic E-state index is 13.8. The van der Waals surface area contributed by atoms with Gasteiger partial charge in [0.05, 0.1) is 12.1 Å². The van der Waals surface area contributed by atoms with Gasteiger partial charge < -0.3 is 25.6 Å². The minimum absolute atomic E-state index is 0.0138. The average Bonchev–Trinajstić information content (AvgIpc) is 3.18. The number of nitrogens with zero attached hydrogens (tertiary/aromatic N) is 1. The van der Waals surface area contributed by atoms with Gasteiger partial charge in [0, 0.05) is 58.9 Å². The first-order valence-electron chi connectivity index (χ1n) is 11.1. The van der Waals surface area contributed by atoms with Gasteiger partial charge in [-0.2, -0.15) is 0 Å². The van der Waals surface area contributed by atoms with E-state index in [2.05, 4.69) is 4.57 Å². The molecule has 0 spiro atoms. The van der Waals surface area contributed by atoms with Crippen molar-refractivity contribution in [2.45, 2.75) is 25.4 Å². The lowest BCUT2D eigenvalue weighted by Gasteiger charge is -2.26. The van der Waals surface area contributed by atoms with E-state index >= 15 is 0 Å². The zero-order valence-corrected chi connectivity index (χ0v) is 18.2. The number of halogens is 1. The molecule has 1 saturated heterocycles. The zero-order valence-electron chi connectivity index (χ0n) is 18.2. The Kier molecular flexibility index (Phi) is 5.70. The molecule has 168 valence electrons. The van der Waals surface area contributed by atoms with Crippen molar-refractivity contribution in [3.05, 3.63) is 83.3 Å². The van der Waals surface area contributed by atoms with Crippen LogP contribution in [-0.4, -0.2) is 29.1 Å². The Hall–Kier alpha value is -3.48. The predicted molar refractivity (Wildman–Crippen MR) is 130 cm³/mol. The predicted octanol–water partition coefficient (Wildman–Crippen LogP) is 5.40. The maximum absolute atomic E-state index is 13.8. The summed E-state index contributed by atoms with van der Waals surface area (Å²) in [5, 5.41) is 18.3. The molecule has 0 bridgehead atoms. The summed E-state index contributed by atoms with van der Waals surface area (Å²) in [4.78, 5) is 0. The topological polar surface area (TPSA) is 84.3 Å². The van der Waals surface area contributed by atoms with Crippen LogP contribution in [0.3, 0.4) is 0 Å². The number of anilines is 1. The van der Waals surface area contributed by atoms with E-state index in [1.165, 1.54) is 18.3 Å². The van der Waals surface area contributed by atoms with Crippen LogP contribution in [0, 0.1) is 11.2 Å². The molecule has 1 aliphatic heterocycles. The van der Waals surface area contributed by atoms with Crippen LogP contribution in [0.15, 0.2) is 60.7 Å². The van der Waals surface area contributed by atoms with Gasteiger partial charge >= 0.3 is 0 Å². The molecule has 1 fully saturated rings. The summed E-state index contributed by atoms with van der Waals surface area (Å²) in [6.45, 7) is 1.36. The molecule has 5 rings (SSSR count). The van der Waals surface area contributed by atoms with E-state index in [4.69, 9.17) is 15.9 Å². The molecule has 33 heavy (non-hydrogen) atoms. The van der Waals surface area contributed by atoms with E-state index in [1.807, 2.05) is 36.4 Å². The van der Waals surface area contributed by atoms with E-state index in [0.717, 1.165) is 51.8 Å². The Morgan fingerprint density at radius 1 is 1.06 bits per heavy atom. The fourth-order valence-corrected chi connectivity index (χ4v) is 4.82. The number of nitrogens with one attached hydrogen (secondary N) is 1. The summed E-state index contributed by atoms with van der Waals surface area (Å²) in [7, 11) is 0. The van der Waals surface area contributed by atoms with Crippen LogP contribution in [0.25, 0.3) is 27.7 Å². The Balaban J connectivity index is 1.88. The third kappa shape index (κ3) is 3.81. The van der Waals surface area contributed by atoms with Gasteiger partial charge in [-0.25, -0.2) is 4.39 Å². The minimum atomic E-state index is -0.285. The van der Waals surface area contributed by atoms with Gasteiger partial charge in [-0.1, -0.05) is 24.3 Å². The van der Waals surface area contributed by atoms with Crippen LogP contribution in [0.1, 0.15) is 35.6 Å². The average molecular weight is 444 g/mol. The lowest BCUT2D eigenvalue weighted by Crippen LogP contribution is -2.17. The monoisotopic (exact) mass is 443 g/mol. The van der Waals surface area contributed by atoms with Gasteiger partial charge in [0.15, 0.2) is 0 Å². The van der Waals surface area contributed by atoms with Crippen LogP contribution in [0.4, 0.5) is 10.1 Å². The van der Waals surface area contributed by atoms with Gasteiger partial charge in [0.25, 0.3) is 0 Å². The summed E-state index contributed by atoms with van der Waals surface area (Å²) in [5.74, 6) is -0.0413. The molecule has 4 N–H and O–H groups in total. The second-order valence-corrected chi connectivity index (χ2v) is 8.46. The number of rotatable bonds is 5. The number of fused-ring (bicyclic) bond motifs is 1. The molecule has 3 aromatic carbocycles. The van der Waals surface area contributed by atoms with Gasteiger partial charge in [0.2, 0.25) is 0 Å². The fourth-order valence-electron chi connectivity index (χ4n) is 4.82. The van der Waals surface area contributed by atoms with E-state index in [0.29, 0.717) is 24.5 Å². The molecule has 6 heteroatoms. The van der Waals surface area contributed by atoms with Gasteiger partial charge in [-0.15, -0.1) is 0 Å². The highest BCUT2D eigenvalue weighted by molar-refractivity contribution is 6.04. The molecule has 0 amide bonds. The van der Waals surface area contributed by atoms with Crippen molar-refractivity contribution in [1.29, 1.82) is 5.41 Å². The van der Waals surface area contributed by atoms with E-state index in [-0.39, 0.29) is 18.3 Å². The first-order valence-corrected chi connectivity index (χ1v) is 11.1. The summed E-state index contributed by atoms with van der Waals surface area (Å²) in [5.41, 5.74) is 13.4. The highest BCUT2D eigenvalue weighted by Gasteiger charge is 2.28. The normalized spacial score (nSPS) is 14.6. The van der Waals surface area contributed by atoms with Gasteiger partial charge in [0.1, 0.15) is 5.82 Å². The second kappa shape index (κ2) is 8.81. The number of aromatic nitrogens is 1.